The molecule has 1 amide bonds. The van der Waals surface area contributed by atoms with Crippen LogP contribution in [0.1, 0.15) is 33.8 Å². The van der Waals surface area contributed by atoms with E-state index in [2.05, 4.69) is 25.5 Å². The minimum atomic E-state index is -4.51. The molecule has 6 nitrogen and oxygen atoms in total. The first-order chi connectivity index (χ1) is 20.4. The van der Waals surface area contributed by atoms with E-state index in [1.54, 1.807) is 30.5 Å². The summed E-state index contributed by atoms with van der Waals surface area (Å²) < 4.78 is 91.8. The van der Waals surface area contributed by atoms with E-state index in [4.69, 9.17) is 9.26 Å². The molecule has 222 valence electrons. The maximum atomic E-state index is 13.9. The zero-order chi connectivity index (χ0) is 30.6. The summed E-state index contributed by atoms with van der Waals surface area (Å²) in [7, 11) is 0. The molecule has 2 aliphatic rings. The summed E-state index contributed by atoms with van der Waals surface area (Å²) >= 11 is 2.98. The van der Waals surface area contributed by atoms with Gasteiger partial charge in [-0.2, -0.15) is 26.3 Å². The summed E-state index contributed by atoms with van der Waals surface area (Å²) in [5, 5.41) is 4.81. The van der Waals surface area contributed by atoms with Gasteiger partial charge in [0.15, 0.2) is 5.58 Å². The minimum absolute atomic E-state index is 0.0360. The molecule has 1 atom stereocenters. The summed E-state index contributed by atoms with van der Waals surface area (Å²) in [6.07, 6.45) is -7.33. The number of halogens is 7. The van der Waals surface area contributed by atoms with Gasteiger partial charge in [0.25, 0.3) is 0 Å². The molecule has 4 heterocycles. The highest BCUT2D eigenvalue weighted by Crippen LogP contribution is 2.53. The van der Waals surface area contributed by atoms with Crippen LogP contribution < -0.4 is 9.64 Å². The lowest BCUT2D eigenvalue weighted by Gasteiger charge is -2.24. The Labute approximate surface area is 247 Å². The molecule has 2 aromatic heterocycles. The third-order valence-electron chi connectivity index (χ3n) is 7.35. The number of carbonyl (C=O) groups is 1. The number of aromatic nitrogens is 1. The second-order valence-electron chi connectivity index (χ2n) is 9.87. The van der Waals surface area contributed by atoms with Crippen LogP contribution in [0.5, 0.6) is 5.75 Å². The Hall–Kier alpha value is -4.26. The maximum Gasteiger partial charge on any atom is 0.449 e. The van der Waals surface area contributed by atoms with Crippen molar-refractivity contribution < 1.29 is 44.8 Å². The van der Waals surface area contributed by atoms with Gasteiger partial charge in [0, 0.05) is 22.7 Å². The molecule has 1 unspecified atom stereocenters. The highest BCUT2D eigenvalue weighted by Gasteiger charge is 2.57. The standard InChI is InChI=1S/C24H15F3N2O3.C6H4BrF3O/c25-24(26,27)16-6-2-1-5-14(16)12-29-19-8-4-3-7-17(19)23(22(29)30)13-31-21-10-20-15(9-18(21)23)11-28-32-20;7-3-4-1-2-5(11-4)6(8,9)10/h1-11H,12-13H2;1-2H,3H2. The number of furan rings is 1. The van der Waals surface area contributed by atoms with E-state index in [1.165, 1.54) is 23.1 Å². The number of ether oxygens (including phenoxy) is 1. The number of para-hydroxylation sites is 1. The molecule has 1 spiro atoms. The fourth-order valence-corrected chi connectivity index (χ4v) is 5.70. The molecular weight excluding hydrogens is 646 g/mol. The van der Waals surface area contributed by atoms with Crippen LogP contribution in [0.4, 0.5) is 32.0 Å². The third kappa shape index (κ3) is 4.94. The van der Waals surface area contributed by atoms with Gasteiger partial charge in [0.1, 0.15) is 23.5 Å². The molecule has 0 saturated carbocycles. The van der Waals surface area contributed by atoms with Crippen molar-refractivity contribution in [2.24, 2.45) is 0 Å². The quantitative estimate of drug-likeness (QED) is 0.143. The summed E-state index contributed by atoms with van der Waals surface area (Å²) in [4.78, 5) is 15.3. The highest BCUT2D eigenvalue weighted by atomic mass is 79.9. The minimum Gasteiger partial charge on any atom is -0.491 e. The van der Waals surface area contributed by atoms with Crippen molar-refractivity contribution in [2.75, 3.05) is 11.5 Å². The van der Waals surface area contributed by atoms with Gasteiger partial charge in [-0.1, -0.05) is 57.5 Å². The number of benzene rings is 3. The SMILES string of the molecule is FC(F)(F)c1ccc(CBr)o1.O=C1N(Cc2ccccc2C(F)(F)F)c2ccccc2C12COc1cc3oncc3cc12. The van der Waals surface area contributed by atoms with Crippen LogP contribution in [0.25, 0.3) is 11.0 Å². The fraction of sp³-hybridized carbons (Fsp3) is 0.200. The van der Waals surface area contributed by atoms with Gasteiger partial charge in [-0.25, -0.2) is 0 Å². The van der Waals surface area contributed by atoms with Crippen molar-refractivity contribution in [1.29, 1.82) is 0 Å². The van der Waals surface area contributed by atoms with Crippen molar-refractivity contribution in [1.82, 2.24) is 5.16 Å². The first-order valence-electron chi connectivity index (χ1n) is 12.7. The van der Waals surface area contributed by atoms with Crippen LogP contribution >= 0.6 is 15.9 Å². The maximum absolute atomic E-state index is 13.9. The average Bonchev–Trinajstić information content (AvgIpc) is 3.76. The van der Waals surface area contributed by atoms with Gasteiger partial charge in [-0.15, -0.1) is 0 Å². The number of nitrogens with zero attached hydrogens (tertiary/aromatic N) is 2. The molecule has 0 fully saturated rings. The summed E-state index contributed by atoms with van der Waals surface area (Å²) in [6, 6.07) is 18.2. The van der Waals surface area contributed by atoms with E-state index in [9.17, 15) is 31.1 Å². The van der Waals surface area contributed by atoms with Gasteiger partial charge < -0.3 is 18.6 Å². The van der Waals surface area contributed by atoms with E-state index in [1.807, 2.05) is 18.2 Å². The number of amides is 1. The summed E-state index contributed by atoms with van der Waals surface area (Å²) in [5.74, 6) is -0.482. The molecule has 7 rings (SSSR count). The largest absolute Gasteiger partial charge is 0.491 e. The number of anilines is 1. The first-order valence-corrected chi connectivity index (χ1v) is 13.9. The van der Waals surface area contributed by atoms with Crippen molar-refractivity contribution in [2.45, 2.75) is 29.6 Å². The molecule has 43 heavy (non-hydrogen) atoms. The lowest BCUT2D eigenvalue weighted by Crippen LogP contribution is -2.42. The number of hydrogen-bond donors (Lipinski definition) is 0. The van der Waals surface area contributed by atoms with Gasteiger partial charge >= 0.3 is 12.4 Å². The fourth-order valence-electron chi connectivity index (χ4n) is 5.40. The number of fused-ring (bicyclic) bond motifs is 5. The summed E-state index contributed by atoms with van der Waals surface area (Å²) in [5.41, 5.74) is 0.646. The smallest absolute Gasteiger partial charge is 0.449 e. The molecule has 13 heteroatoms. The topological polar surface area (TPSA) is 68.7 Å². The molecule has 0 aliphatic carbocycles. The molecule has 0 radical (unpaired) electrons. The van der Waals surface area contributed by atoms with Crippen LogP contribution in [-0.2, 0) is 34.4 Å². The molecule has 2 aliphatic heterocycles. The molecule has 0 bridgehead atoms. The third-order valence-corrected chi connectivity index (χ3v) is 7.90. The number of rotatable bonds is 3. The Balaban J connectivity index is 0.000000254. The first kappa shape index (κ1) is 28.8. The van der Waals surface area contributed by atoms with Crippen molar-refractivity contribution in [3.8, 4) is 5.75 Å². The Kier molecular flexibility index (Phi) is 7.03. The lowest BCUT2D eigenvalue weighted by atomic mass is 9.77. The predicted octanol–water partition coefficient (Wildman–Crippen LogP) is 8.27. The zero-order valence-electron chi connectivity index (χ0n) is 21.8. The number of hydrogen-bond acceptors (Lipinski definition) is 5. The van der Waals surface area contributed by atoms with Crippen LogP contribution in [0.3, 0.4) is 0 Å². The van der Waals surface area contributed by atoms with Gasteiger partial charge in [0.2, 0.25) is 11.7 Å². The van der Waals surface area contributed by atoms with Crippen LogP contribution in [-0.4, -0.2) is 17.7 Å². The van der Waals surface area contributed by atoms with Crippen LogP contribution in [0, 0.1) is 0 Å². The molecule has 3 aromatic carbocycles. The molecule has 0 saturated heterocycles. The Morgan fingerprint density at radius 2 is 1.65 bits per heavy atom. The van der Waals surface area contributed by atoms with Gasteiger partial charge in [0.05, 0.1) is 23.6 Å². The van der Waals surface area contributed by atoms with E-state index < -0.39 is 29.1 Å². The monoisotopic (exact) mass is 664 g/mol. The number of carbonyl (C=O) groups excluding carboxylic acids is 1. The molecule has 5 aromatic rings. The Morgan fingerprint density at radius 1 is 0.907 bits per heavy atom. The predicted molar refractivity (Wildman–Crippen MR) is 146 cm³/mol. The average molecular weight is 665 g/mol. The van der Waals surface area contributed by atoms with Crippen molar-refractivity contribution in [3.05, 3.63) is 113 Å². The lowest BCUT2D eigenvalue weighted by molar-refractivity contribution is -0.153. The number of alkyl halides is 7. The van der Waals surface area contributed by atoms with Crippen LogP contribution in [0.15, 0.2) is 87.9 Å². The van der Waals surface area contributed by atoms with E-state index in [0.29, 0.717) is 33.5 Å². The van der Waals surface area contributed by atoms with E-state index >= 15 is 0 Å². The highest BCUT2D eigenvalue weighted by molar-refractivity contribution is 9.08. The Morgan fingerprint density at radius 3 is 2.35 bits per heavy atom. The molecule has 0 N–H and O–H groups in total. The second-order valence-corrected chi connectivity index (χ2v) is 10.4. The van der Waals surface area contributed by atoms with Crippen molar-refractivity contribution >= 4 is 38.5 Å². The van der Waals surface area contributed by atoms with Crippen molar-refractivity contribution in [3.63, 3.8) is 0 Å². The second kappa shape index (κ2) is 10.5. The Bertz CT molecular complexity index is 1830. The van der Waals surface area contributed by atoms with E-state index in [-0.39, 0.29) is 30.4 Å². The molecular formula is C30H19BrF6N2O4. The summed E-state index contributed by atoms with van der Waals surface area (Å²) in [6.45, 7) is -0.131. The zero-order valence-corrected chi connectivity index (χ0v) is 23.4. The van der Waals surface area contributed by atoms with Gasteiger partial charge in [-0.3, -0.25) is 4.79 Å². The van der Waals surface area contributed by atoms with E-state index in [0.717, 1.165) is 17.5 Å². The van der Waals surface area contributed by atoms with Gasteiger partial charge in [-0.05, 0) is 41.5 Å². The van der Waals surface area contributed by atoms with Crippen LogP contribution in [0.2, 0.25) is 0 Å². The normalized spacial score (nSPS) is 17.6.